The van der Waals surface area contributed by atoms with Gasteiger partial charge < -0.3 is 14.8 Å². The minimum absolute atomic E-state index is 0.326. The van der Waals surface area contributed by atoms with Gasteiger partial charge in [-0.2, -0.15) is 0 Å². The molecule has 1 fully saturated rings. The first-order valence-electron chi connectivity index (χ1n) is 9.22. The fraction of sp³-hybridized carbons (Fsp3) is 0.364. The zero-order chi connectivity index (χ0) is 18.2. The maximum atomic E-state index is 5.99. The summed E-state index contributed by atoms with van der Waals surface area (Å²) in [6.45, 7) is 8.64. The number of benzene rings is 2. The quantitative estimate of drug-likeness (QED) is 0.733. The molecule has 0 bridgehead atoms. The Labute approximate surface area is 156 Å². The van der Waals surface area contributed by atoms with Gasteiger partial charge in [0.1, 0.15) is 6.61 Å². The van der Waals surface area contributed by atoms with Gasteiger partial charge in [0.25, 0.3) is 0 Å². The first-order chi connectivity index (χ1) is 12.8. The van der Waals surface area contributed by atoms with Crippen LogP contribution in [0.2, 0.25) is 0 Å². The van der Waals surface area contributed by atoms with Crippen LogP contribution >= 0.6 is 0 Å². The molecule has 2 aromatic carbocycles. The molecular formula is C22H28N2O2. The van der Waals surface area contributed by atoms with E-state index in [1.807, 2.05) is 30.3 Å². The highest BCUT2D eigenvalue weighted by molar-refractivity contribution is 5.44. The maximum absolute atomic E-state index is 5.99. The molecule has 0 aliphatic carbocycles. The summed E-state index contributed by atoms with van der Waals surface area (Å²) in [6, 6.07) is 16.8. The molecule has 0 spiro atoms. The third-order valence-corrected chi connectivity index (χ3v) is 4.79. The molecule has 1 N–H and O–H groups in total. The summed E-state index contributed by atoms with van der Waals surface area (Å²) < 4.78 is 11.6. The summed E-state index contributed by atoms with van der Waals surface area (Å²) in [5.74, 6) is 1.56. The lowest BCUT2D eigenvalue weighted by molar-refractivity contribution is 0.174. The van der Waals surface area contributed by atoms with Crippen molar-refractivity contribution in [1.29, 1.82) is 0 Å². The third-order valence-electron chi connectivity index (χ3n) is 4.79. The van der Waals surface area contributed by atoms with E-state index in [-0.39, 0.29) is 0 Å². The van der Waals surface area contributed by atoms with Crippen LogP contribution in [0.4, 0.5) is 0 Å². The lowest BCUT2D eigenvalue weighted by Crippen LogP contribution is -2.45. The van der Waals surface area contributed by atoms with Crippen molar-refractivity contribution < 1.29 is 9.47 Å². The largest absolute Gasteiger partial charge is 0.493 e. The van der Waals surface area contributed by atoms with E-state index in [2.05, 4.69) is 41.1 Å². The Morgan fingerprint density at radius 1 is 1.12 bits per heavy atom. The van der Waals surface area contributed by atoms with Crippen molar-refractivity contribution in [3.63, 3.8) is 0 Å². The molecule has 2 aromatic rings. The Morgan fingerprint density at radius 2 is 1.88 bits per heavy atom. The highest BCUT2D eigenvalue weighted by Crippen LogP contribution is 2.34. The van der Waals surface area contributed by atoms with Gasteiger partial charge >= 0.3 is 0 Å². The van der Waals surface area contributed by atoms with E-state index < -0.39 is 0 Å². The van der Waals surface area contributed by atoms with E-state index in [1.165, 1.54) is 5.56 Å². The second-order valence-corrected chi connectivity index (χ2v) is 6.51. The average Bonchev–Trinajstić information content (AvgIpc) is 2.72. The lowest BCUT2D eigenvalue weighted by atomic mass is 10.0. The number of hydrogen-bond donors (Lipinski definition) is 1. The van der Waals surface area contributed by atoms with Crippen LogP contribution in [-0.4, -0.2) is 38.2 Å². The highest BCUT2D eigenvalue weighted by Gasteiger charge is 2.22. The van der Waals surface area contributed by atoms with E-state index in [1.54, 1.807) is 7.11 Å². The van der Waals surface area contributed by atoms with Crippen molar-refractivity contribution in [2.45, 2.75) is 19.1 Å². The van der Waals surface area contributed by atoms with Crippen LogP contribution in [0.15, 0.2) is 61.2 Å². The van der Waals surface area contributed by atoms with Crippen LogP contribution in [0.25, 0.3) is 0 Å². The average molecular weight is 352 g/mol. The number of ether oxygens (including phenoxy) is 2. The molecule has 26 heavy (non-hydrogen) atoms. The molecule has 1 aliphatic heterocycles. The Bertz CT molecular complexity index is 697. The molecule has 1 aliphatic rings. The molecule has 1 heterocycles. The Balaban J connectivity index is 1.76. The molecule has 0 aromatic heterocycles. The van der Waals surface area contributed by atoms with Gasteiger partial charge in [0.05, 0.1) is 7.11 Å². The zero-order valence-corrected chi connectivity index (χ0v) is 15.5. The van der Waals surface area contributed by atoms with E-state index in [4.69, 9.17) is 9.47 Å². The van der Waals surface area contributed by atoms with Crippen LogP contribution in [-0.2, 0) is 6.61 Å². The van der Waals surface area contributed by atoms with Crippen molar-refractivity contribution in [2.24, 2.45) is 0 Å². The van der Waals surface area contributed by atoms with Crippen molar-refractivity contribution in [3.8, 4) is 11.5 Å². The number of nitrogens with zero attached hydrogens (tertiary/aromatic N) is 1. The molecule has 4 nitrogen and oxygen atoms in total. The van der Waals surface area contributed by atoms with Gasteiger partial charge in [0.15, 0.2) is 11.5 Å². The molecule has 1 atom stereocenters. The first kappa shape index (κ1) is 18.5. The molecular weight excluding hydrogens is 324 g/mol. The number of piperazine rings is 1. The summed E-state index contributed by atoms with van der Waals surface area (Å²) in [4.78, 5) is 2.51. The van der Waals surface area contributed by atoms with Crippen molar-refractivity contribution in [2.75, 3.05) is 33.3 Å². The summed E-state index contributed by atoms with van der Waals surface area (Å²) >= 11 is 0. The van der Waals surface area contributed by atoms with Crippen LogP contribution < -0.4 is 14.8 Å². The summed E-state index contributed by atoms with van der Waals surface area (Å²) in [6.07, 6.45) is 2.92. The summed E-state index contributed by atoms with van der Waals surface area (Å²) in [5.41, 5.74) is 2.39. The molecule has 1 saturated heterocycles. The lowest BCUT2D eigenvalue weighted by Gasteiger charge is -2.35. The first-order valence-corrected chi connectivity index (χ1v) is 9.22. The van der Waals surface area contributed by atoms with Crippen LogP contribution in [0.1, 0.15) is 23.6 Å². The van der Waals surface area contributed by atoms with Gasteiger partial charge in [0.2, 0.25) is 0 Å². The predicted octanol–water partition coefficient (Wildman–Crippen LogP) is 3.80. The second-order valence-electron chi connectivity index (χ2n) is 6.51. The van der Waals surface area contributed by atoms with Gasteiger partial charge in [-0.05, 0) is 29.7 Å². The van der Waals surface area contributed by atoms with Gasteiger partial charge in [0, 0.05) is 32.2 Å². The molecule has 0 radical (unpaired) electrons. The Morgan fingerprint density at radius 3 is 2.58 bits per heavy atom. The van der Waals surface area contributed by atoms with E-state index in [0.29, 0.717) is 12.6 Å². The number of rotatable bonds is 8. The van der Waals surface area contributed by atoms with Gasteiger partial charge in [-0.15, -0.1) is 6.58 Å². The molecule has 3 rings (SSSR count). The predicted molar refractivity (Wildman–Crippen MR) is 106 cm³/mol. The monoisotopic (exact) mass is 352 g/mol. The Kier molecular flexibility index (Phi) is 6.69. The second kappa shape index (κ2) is 9.41. The van der Waals surface area contributed by atoms with Crippen LogP contribution in [0.5, 0.6) is 11.5 Å². The van der Waals surface area contributed by atoms with Gasteiger partial charge in [-0.25, -0.2) is 0 Å². The van der Waals surface area contributed by atoms with Gasteiger partial charge in [-0.3, -0.25) is 4.90 Å². The third kappa shape index (κ3) is 4.65. The van der Waals surface area contributed by atoms with Crippen molar-refractivity contribution >= 4 is 0 Å². The summed E-state index contributed by atoms with van der Waals surface area (Å²) in [5, 5.41) is 3.41. The SMILES string of the molecule is C=CC[C@@H](c1ccc(OCc2ccccc2)c(OC)c1)N1CCNCC1. The molecule has 4 heteroatoms. The molecule has 0 amide bonds. The van der Waals surface area contributed by atoms with Crippen molar-refractivity contribution in [1.82, 2.24) is 10.2 Å². The van der Waals surface area contributed by atoms with Crippen molar-refractivity contribution in [3.05, 3.63) is 72.3 Å². The number of hydrogen-bond acceptors (Lipinski definition) is 4. The standard InChI is InChI=1S/C22H28N2O2/c1-3-7-20(24-14-12-23-13-15-24)19-10-11-21(22(16-19)25-2)26-17-18-8-5-4-6-9-18/h3-6,8-11,16,20,23H,1,7,12-15,17H2,2H3/t20-/m0/s1. The number of methoxy groups -OCH3 is 1. The normalized spacial score (nSPS) is 16.0. The zero-order valence-electron chi connectivity index (χ0n) is 15.5. The van der Waals surface area contributed by atoms with E-state index in [9.17, 15) is 0 Å². The van der Waals surface area contributed by atoms with Gasteiger partial charge in [-0.1, -0.05) is 42.5 Å². The Hall–Kier alpha value is -2.30. The van der Waals surface area contributed by atoms with E-state index in [0.717, 1.165) is 49.7 Å². The smallest absolute Gasteiger partial charge is 0.161 e. The summed E-state index contributed by atoms with van der Waals surface area (Å²) in [7, 11) is 1.70. The molecule has 0 unspecified atom stereocenters. The minimum atomic E-state index is 0.326. The van der Waals surface area contributed by atoms with Crippen LogP contribution in [0, 0.1) is 0 Å². The fourth-order valence-electron chi connectivity index (χ4n) is 3.39. The molecule has 138 valence electrons. The maximum Gasteiger partial charge on any atom is 0.161 e. The van der Waals surface area contributed by atoms with Crippen LogP contribution in [0.3, 0.4) is 0 Å². The number of nitrogens with one attached hydrogen (secondary N) is 1. The molecule has 0 saturated carbocycles. The topological polar surface area (TPSA) is 33.7 Å². The highest BCUT2D eigenvalue weighted by atomic mass is 16.5. The fourth-order valence-corrected chi connectivity index (χ4v) is 3.39. The minimum Gasteiger partial charge on any atom is -0.493 e. The van der Waals surface area contributed by atoms with E-state index >= 15 is 0 Å².